The van der Waals surface area contributed by atoms with Crippen LogP contribution in [-0.2, 0) is 19.1 Å². The summed E-state index contributed by atoms with van der Waals surface area (Å²) in [5.41, 5.74) is 0. The van der Waals surface area contributed by atoms with Crippen molar-refractivity contribution in [3.05, 3.63) is 0 Å². The molecule has 1 fully saturated rings. The van der Waals surface area contributed by atoms with Crippen molar-refractivity contribution in [2.24, 2.45) is 0 Å². The van der Waals surface area contributed by atoms with Gasteiger partial charge in [0.2, 0.25) is 12.2 Å². The number of carbonyl (C=O) groups is 2. The Labute approximate surface area is 108 Å². The van der Waals surface area contributed by atoms with Crippen LogP contribution in [0.5, 0.6) is 0 Å². The molecule has 2 unspecified atom stereocenters. The number of cyclic esters (lactones) is 2. The van der Waals surface area contributed by atoms with E-state index in [9.17, 15) is 9.59 Å². The summed E-state index contributed by atoms with van der Waals surface area (Å²) >= 11 is 0. The number of rotatable bonds is 6. The van der Waals surface area contributed by atoms with Crippen LogP contribution in [-0.4, -0.2) is 74.2 Å². The molecule has 2 atom stereocenters. The van der Waals surface area contributed by atoms with Crippen LogP contribution in [0.25, 0.3) is 0 Å². The molecule has 0 aromatic rings. The number of carbonyl (C=O) groups excluding carboxylic acids is 2. The lowest BCUT2D eigenvalue weighted by Crippen LogP contribution is -2.51. The standard InChI is InChI=1S/C12H22N2O4/c1-5-13(3)7-9-11(15)18-10(12(16)17-9)8-14(4)6-2/h9-10H,5-8H2,1-4H3. The van der Waals surface area contributed by atoms with Crippen LogP contribution < -0.4 is 0 Å². The van der Waals surface area contributed by atoms with E-state index in [1.54, 1.807) is 0 Å². The first-order chi connectivity index (χ1) is 8.47. The highest BCUT2D eigenvalue weighted by atomic mass is 16.6. The lowest BCUT2D eigenvalue weighted by atomic mass is 10.2. The molecule has 6 heteroatoms. The second kappa shape index (κ2) is 6.70. The summed E-state index contributed by atoms with van der Waals surface area (Å²) in [6.07, 6.45) is -1.60. The van der Waals surface area contributed by atoms with Gasteiger partial charge in [0.15, 0.2) is 0 Å². The van der Waals surface area contributed by atoms with Gasteiger partial charge in [0.05, 0.1) is 0 Å². The lowest BCUT2D eigenvalue weighted by Gasteiger charge is -2.31. The fraction of sp³-hybridized carbons (Fsp3) is 0.833. The van der Waals surface area contributed by atoms with E-state index < -0.39 is 24.1 Å². The van der Waals surface area contributed by atoms with Crippen LogP contribution in [0.15, 0.2) is 0 Å². The minimum absolute atomic E-state index is 0.372. The minimum atomic E-state index is -0.800. The van der Waals surface area contributed by atoms with Crippen molar-refractivity contribution in [3.8, 4) is 0 Å². The molecule has 0 bridgehead atoms. The SMILES string of the molecule is CCN(C)CC1OC(=O)C(CN(C)CC)OC1=O. The maximum Gasteiger partial charge on any atom is 0.349 e. The molecule has 0 aromatic heterocycles. The van der Waals surface area contributed by atoms with E-state index in [-0.39, 0.29) is 0 Å². The highest BCUT2D eigenvalue weighted by Crippen LogP contribution is 2.12. The molecule has 1 heterocycles. The number of hydrogen-bond donors (Lipinski definition) is 0. The van der Waals surface area contributed by atoms with Crippen LogP contribution in [0.1, 0.15) is 13.8 Å². The van der Waals surface area contributed by atoms with Gasteiger partial charge in [0.1, 0.15) is 0 Å². The molecule has 0 aliphatic carbocycles. The van der Waals surface area contributed by atoms with E-state index in [0.717, 1.165) is 13.1 Å². The quantitative estimate of drug-likeness (QED) is 0.611. The van der Waals surface area contributed by atoms with Gasteiger partial charge in [-0.25, -0.2) is 9.59 Å². The topological polar surface area (TPSA) is 59.1 Å². The van der Waals surface area contributed by atoms with Gasteiger partial charge >= 0.3 is 11.9 Å². The summed E-state index contributed by atoms with van der Waals surface area (Å²) in [5, 5.41) is 0. The van der Waals surface area contributed by atoms with Gasteiger partial charge in [-0.15, -0.1) is 0 Å². The van der Waals surface area contributed by atoms with E-state index >= 15 is 0 Å². The van der Waals surface area contributed by atoms with Crippen LogP contribution in [0.4, 0.5) is 0 Å². The van der Waals surface area contributed by atoms with Crippen LogP contribution in [0, 0.1) is 0 Å². The van der Waals surface area contributed by atoms with Gasteiger partial charge in [-0.3, -0.25) is 0 Å². The van der Waals surface area contributed by atoms with E-state index in [1.165, 1.54) is 0 Å². The zero-order valence-corrected chi connectivity index (χ0v) is 11.5. The summed E-state index contributed by atoms with van der Waals surface area (Å²) in [4.78, 5) is 27.3. The number of hydrogen-bond acceptors (Lipinski definition) is 6. The monoisotopic (exact) mass is 258 g/mol. The van der Waals surface area contributed by atoms with Gasteiger partial charge < -0.3 is 19.3 Å². The average molecular weight is 258 g/mol. The summed E-state index contributed by atoms with van der Waals surface area (Å²) < 4.78 is 10.3. The Morgan fingerprint density at radius 2 is 1.22 bits per heavy atom. The minimum Gasteiger partial charge on any atom is -0.446 e. The first-order valence-corrected chi connectivity index (χ1v) is 6.26. The third kappa shape index (κ3) is 3.96. The Morgan fingerprint density at radius 1 is 0.889 bits per heavy atom. The zero-order valence-electron chi connectivity index (χ0n) is 11.5. The maximum absolute atomic E-state index is 11.7. The summed E-state index contributed by atoms with van der Waals surface area (Å²) in [5.74, 6) is -0.909. The third-order valence-corrected chi connectivity index (χ3v) is 3.08. The van der Waals surface area contributed by atoms with Crippen molar-refractivity contribution in [2.75, 3.05) is 40.3 Å². The van der Waals surface area contributed by atoms with Crippen LogP contribution >= 0.6 is 0 Å². The van der Waals surface area contributed by atoms with Gasteiger partial charge in [-0.05, 0) is 27.2 Å². The molecule has 1 aliphatic heterocycles. The van der Waals surface area contributed by atoms with Crippen molar-refractivity contribution in [2.45, 2.75) is 26.1 Å². The second-order valence-corrected chi connectivity index (χ2v) is 4.56. The molecule has 0 saturated carbocycles. The van der Waals surface area contributed by atoms with Gasteiger partial charge in [-0.1, -0.05) is 13.8 Å². The summed E-state index contributed by atoms with van der Waals surface area (Å²) in [6.45, 7) is 6.24. The van der Waals surface area contributed by atoms with Gasteiger partial charge in [0.25, 0.3) is 0 Å². The first-order valence-electron chi connectivity index (χ1n) is 6.26. The summed E-state index contributed by atoms with van der Waals surface area (Å²) in [6, 6.07) is 0. The van der Waals surface area contributed by atoms with Gasteiger partial charge in [0, 0.05) is 13.1 Å². The van der Waals surface area contributed by atoms with Crippen molar-refractivity contribution in [1.29, 1.82) is 0 Å². The predicted octanol–water partition coefficient (Wildman–Crippen LogP) is -0.273. The maximum atomic E-state index is 11.7. The fourth-order valence-corrected chi connectivity index (χ4v) is 1.58. The highest BCUT2D eigenvalue weighted by molar-refractivity contribution is 5.87. The third-order valence-electron chi connectivity index (χ3n) is 3.08. The summed E-state index contributed by atoms with van der Waals surface area (Å²) in [7, 11) is 3.72. The molecule has 0 spiro atoms. The number of esters is 2. The molecular formula is C12H22N2O4. The number of nitrogens with zero attached hydrogens (tertiary/aromatic N) is 2. The Morgan fingerprint density at radius 3 is 1.50 bits per heavy atom. The highest BCUT2D eigenvalue weighted by Gasteiger charge is 2.38. The van der Waals surface area contributed by atoms with E-state index in [1.807, 2.05) is 37.7 Å². The zero-order chi connectivity index (χ0) is 13.7. The molecule has 6 nitrogen and oxygen atoms in total. The Hall–Kier alpha value is -1.14. The molecule has 1 rings (SSSR count). The molecular weight excluding hydrogens is 236 g/mol. The van der Waals surface area contributed by atoms with E-state index in [2.05, 4.69) is 0 Å². The number of likely N-dealkylation sites (N-methyl/N-ethyl adjacent to an activating group) is 2. The van der Waals surface area contributed by atoms with Crippen LogP contribution in [0.3, 0.4) is 0 Å². The molecule has 0 N–H and O–H groups in total. The van der Waals surface area contributed by atoms with Crippen molar-refractivity contribution < 1.29 is 19.1 Å². The van der Waals surface area contributed by atoms with Crippen LogP contribution in [0.2, 0.25) is 0 Å². The lowest BCUT2D eigenvalue weighted by molar-refractivity contribution is -0.196. The van der Waals surface area contributed by atoms with Crippen molar-refractivity contribution >= 4 is 11.9 Å². The Bertz CT molecular complexity index is 278. The van der Waals surface area contributed by atoms with E-state index in [4.69, 9.17) is 9.47 Å². The average Bonchev–Trinajstić information content (AvgIpc) is 2.34. The molecule has 104 valence electrons. The molecule has 1 saturated heterocycles. The fourth-order valence-electron chi connectivity index (χ4n) is 1.58. The van der Waals surface area contributed by atoms with Crippen molar-refractivity contribution in [1.82, 2.24) is 9.80 Å². The van der Waals surface area contributed by atoms with E-state index in [0.29, 0.717) is 13.1 Å². The smallest absolute Gasteiger partial charge is 0.349 e. The predicted molar refractivity (Wildman–Crippen MR) is 66.1 cm³/mol. The van der Waals surface area contributed by atoms with Gasteiger partial charge in [-0.2, -0.15) is 0 Å². The largest absolute Gasteiger partial charge is 0.446 e. The Balaban J connectivity index is 2.54. The Kier molecular flexibility index (Phi) is 5.55. The molecule has 0 radical (unpaired) electrons. The molecule has 18 heavy (non-hydrogen) atoms. The second-order valence-electron chi connectivity index (χ2n) is 4.56. The molecule has 0 amide bonds. The molecule has 0 aromatic carbocycles. The first kappa shape index (κ1) is 14.9. The van der Waals surface area contributed by atoms with Crippen molar-refractivity contribution in [3.63, 3.8) is 0 Å². The molecule has 1 aliphatic rings. The normalized spacial score (nSPS) is 24.3. The number of ether oxygens (including phenoxy) is 2.